The van der Waals surface area contributed by atoms with E-state index in [2.05, 4.69) is 20.6 Å². The van der Waals surface area contributed by atoms with Crippen LogP contribution < -0.4 is 5.32 Å². The van der Waals surface area contributed by atoms with Crippen molar-refractivity contribution in [3.8, 4) is 0 Å². The number of aliphatic hydroxyl groups is 1. The van der Waals surface area contributed by atoms with Gasteiger partial charge in [0.05, 0.1) is 0 Å². The second kappa shape index (κ2) is 6.30. The fraction of sp³-hybridized carbons (Fsp3) is 0.583. The highest BCUT2D eigenvalue weighted by Crippen LogP contribution is 2.07. The maximum Gasteiger partial charge on any atom is 0.178 e. The maximum atomic E-state index is 8.67. The fourth-order valence-corrected chi connectivity index (χ4v) is 1.80. The molecule has 0 radical (unpaired) electrons. The topological polar surface area (TPSA) is 75.3 Å². The summed E-state index contributed by atoms with van der Waals surface area (Å²) < 4.78 is 1.73. The minimum atomic E-state index is 0.290. The van der Waals surface area contributed by atoms with E-state index < -0.39 is 0 Å². The molecule has 0 atom stereocenters. The van der Waals surface area contributed by atoms with Crippen molar-refractivity contribution in [2.75, 3.05) is 18.5 Å². The number of unbranched alkanes of at least 4 members (excludes halogenated alkanes) is 3. The molecule has 2 rings (SSSR count). The second-order valence-corrected chi connectivity index (χ2v) is 4.30. The number of hydrogen-bond donors (Lipinski definition) is 2. The highest BCUT2D eigenvalue weighted by atomic mass is 16.2. The first-order valence-electron chi connectivity index (χ1n) is 6.35. The Morgan fingerprint density at radius 1 is 1.17 bits per heavy atom. The Morgan fingerprint density at radius 3 is 2.83 bits per heavy atom. The lowest BCUT2D eigenvalue weighted by Crippen LogP contribution is -2.06. The lowest BCUT2D eigenvalue weighted by Gasteiger charge is -2.05. The third-order valence-electron chi connectivity index (χ3n) is 2.81. The van der Waals surface area contributed by atoms with Gasteiger partial charge in [-0.05, 0) is 31.9 Å². The highest BCUT2D eigenvalue weighted by molar-refractivity contribution is 5.43. The van der Waals surface area contributed by atoms with E-state index in [1.807, 2.05) is 19.1 Å². The van der Waals surface area contributed by atoms with Gasteiger partial charge in [-0.1, -0.05) is 12.8 Å². The smallest absolute Gasteiger partial charge is 0.178 e. The summed E-state index contributed by atoms with van der Waals surface area (Å²) in [6.45, 7) is 3.06. The van der Waals surface area contributed by atoms with Crippen molar-refractivity contribution >= 4 is 11.5 Å². The zero-order valence-corrected chi connectivity index (χ0v) is 10.6. The van der Waals surface area contributed by atoms with Gasteiger partial charge in [0.1, 0.15) is 5.82 Å². The van der Waals surface area contributed by atoms with E-state index in [4.69, 9.17) is 5.11 Å². The van der Waals surface area contributed by atoms with Crippen LogP contribution in [0, 0.1) is 6.92 Å². The van der Waals surface area contributed by atoms with E-state index in [-0.39, 0.29) is 0 Å². The summed E-state index contributed by atoms with van der Waals surface area (Å²) in [6.07, 6.45) is 4.18. The van der Waals surface area contributed by atoms with Gasteiger partial charge in [-0.3, -0.25) is 0 Å². The van der Waals surface area contributed by atoms with Crippen molar-refractivity contribution in [2.45, 2.75) is 32.6 Å². The Bertz CT molecular complexity index is 496. The van der Waals surface area contributed by atoms with Crippen LogP contribution >= 0.6 is 0 Å². The predicted octanol–water partition coefficient (Wildman–Crippen LogP) is 1.40. The van der Waals surface area contributed by atoms with Crippen molar-refractivity contribution in [1.29, 1.82) is 0 Å². The number of fused-ring (bicyclic) bond motifs is 1. The molecule has 0 unspecified atom stereocenters. The average Bonchev–Trinajstić information content (AvgIpc) is 2.75. The zero-order valence-electron chi connectivity index (χ0n) is 10.6. The summed E-state index contributed by atoms with van der Waals surface area (Å²) in [7, 11) is 0. The molecule has 0 bridgehead atoms. The lowest BCUT2D eigenvalue weighted by atomic mass is 10.2. The molecular formula is C12H19N5O. The van der Waals surface area contributed by atoms with Crippen LogP contribution in [-0.4, -0.2) is 38.1 Å². The van der Waals surface area contributed by atoms with Crippen LogP contribution in [0.15, 0.2) is 12.1 Å². The molecule has 0 aromatic carbocycles. The Morgan fingerprint density at radius 2 is 2.00 bits per heavy atom. The van der Waals surface area contributed by atoms with E-state index in [1.54, 1.807) is 4.52 Å². The normalized spacial score (nSPS) is 11.0. The van der Waals surface area contributed by atoms with Gasteiger partial charge in [-0.25, -0.2) is 0 Å². The molecular weight excluding hydrogens is 230 g/mol. The Kier molecular flexibility index (Phi) is 4.46. The van der Waals surface area contributed by atoms with Crippen molar-refractivity contribution < 1.29 is 5.11 Å². The number of aromatic nitrogens is 4. The van der Waals surface area contributed by atoms with Crippen molar-refractivity contribution in [2.24, 2.45) is 0 Å². The summed E-state index contributed by atoms with van der Waals surface area (Å²) in [5.74, 6) is 1.63. The summed E-state index contributed by atoms with van der Waals surface area (Å²) in [4.78, 5) is 0. The first kappa shape index (κ1) is 12.8. The van der Waals surface area contributed by atoms with E-state index in [0.717, 1.165) is 49.5 Å². The molecule has 0 amide bonds. The van der Waals surface area contributed by atoms with Gasteiger partial charge < -0.3 is 10.4 Å². The van der Waals surface area contributed by atoms with E-state index in [0.29, 0.717) is 6.61 Å². The zero-order chi connectivity index (χ0) is 12.8. The molecule has 0 saturated heterocycles. The number of hydrogen-bond acceptors (Lipinski definition) is 5. The van der Waals surface area contributed by atoms with Gasteiger partial charge >= 0.3 is 0 Å². The Hall–Kier alpha value is -1.69. The molecule has 0 spiro atoms. The van der Waals surface area contributed by atoms with Crippen LogP contribution in [0.1, 0.15) is 31.5 Å². The van der Waals surface area contributed by atoms with Gasteiger partial charge in [-0.15, -0.1) is 15.3 Å². The molecule has 6 nitrogen and oxygen atoms in total. The number of aryl methyl sites for hydroxylation is 1. The average molecular weight is 249 g/mol. The molecule has 0 saturated carbocycles. The Balaban J connectivity index is 1.82. The van der Waals surface area contributed by atoms with E-state index in [1.165, 1.54) is 0 Å². The molecule has 0 aliphatic heterocycles. The molecule has 0 fully saturated rings. The molecule has 98 valence electrons. The molecule has 2 aromatic heterocycles. The molecule has 0 aliphatic rings. The number of nitrogens with zero attached hydrogens (tertiary/aromatic N) is 4. The van der Waals surface area contributed by atoms with Gasteiger partial charge in [0.2, 0.25) is 0 Å². The van der Waals surface area contributed by atoms with Crippen LogP contribution in [-0.2, 0) is 0 Å². The van der Waals surface area contributed by atoms with Crippen LogP contribution in [0.5, 0.6) is 0 Å². The number of aliphatic hydroxyl groups excluding tert-OH is 1. The third-order valence-corrected chi connectivity index (χ3v) is 2.81. The van der Waals surface area contributed by atoms with Gasteiger partial charge in [0.25, 0.3) is 0 Å². The number of anilines is 1. The molecule has 0 aliphatic carbocycles. The monoisotopic (exact) mass is 249 g/mol. The molecule has 6 heteroatoms. The minimum absolute atomic E-state index is 0.290. The summed E-state index contributed by atoms with van der Waals surface area (Å²) >= 11 is 0. The fourth-order valence-electron chi connectivity index (χ4n) is 1.80. The van der Waals surface area contributed by atoms with Gasteiger partial charge in [0.15, 0.2) is 11.5 Å². The Labute approximate surface area is 106 Å². The molecule has 2 N–H and O–H groups in total. The van der Waals surface area contributed by atoms with Crippen molar-refractivity contribution in [3.05, 3.63) is 18.0 Å². The lowest BCUT2D eigenvalue weighted by molar-refractivity contribution is 0.283. The van der Waals surface area contributed by atoms with Gasteiger partial charge in [0, 0.05) is 13.2 Å². The minimum Gasteiger partial charge on any atom is -0.396 e. The van der Waals surface area contributed by atoms with E-state index in [9.17, 15) is 0 Å². The molecule has 18 heavy (non-hydrogen) atoms. The standard InChI is InChI=1S/C12H19N5O/c1-10-14-15-12-7-6-11(16-17(10)12)13-8-4-2-3-5-9-18/h6-7,18H,2-5,8-9H2,1H3,(H,13,16). The van der Waals surface area contributed by atoms with Gasteiger partial charge in [-0.2, -0.15) is 4.52 Å². The highest BCUT2D eigenvalue weighted by Gasteiger charge is 2.02. The third kappa shape index (κ3) is 3.16. The first-order chi connectivity index (χ1) is 8.81. The molecule has 2 aromatic rings. The first-order valence-corrected chi connectivity index (χ1v) is 6.35. The van der Waals surface area contributed by atoms with Crippen LogP contribution in [0.25, 0.3) is 5.65 Å². The van der Waals surface area contributed by atoms with Crippen LogP contribution in [0.3, 0.4) is 0 Å². The quantitative estimate of drug-likeness (QED) is 0.725. The van der Waals surface area contributed by atoms with Crippen LogP contribution in [0.2, 0.25) is 0 Å². The largest absolute Gasteiger partial charge is 0.396 e. The summed E-state index contributed by atoms with van der Waals surface area (Å²) in [5.41, 5.74) is 0.765. The van der Waals surface area contributed by atoms with E-state index >= 15 is 0 Å². The number of rotatable bonds is 7. The summed E-state index contributed by atoms with van der Waals surface area (Å²) in [5, 5.41) is 24.3. The maximum absolute atomic E-state index is 8.67. The summed E-state index contributed by atoms with van der Waals surface area (Å²) in [6, 6.07) is 3.82. The second-order valence-electron chi connectivity index (χ2n) is 4.30. The molecule has 2 heterocycles. The van der Waals surface area contributed by atoms with Crippen molar-refractivity contribution in [1.82, 2.24) is 19.8 Å². The van der Waals surface area contributed by atoms with Crippen LogP contribution in [0.4, 0.5) is 5.82 Å². The SMILES string of the molecule is Cc1nnc2ccc(NCCCCCCO)nn12. The van der Waals surface area contributed by atoms with Crippen molar-refractivity contribution in [3.63, 3.8) is 0 Å². The number of nitrogens with one attached hydrogen (secondary N) is 1. The predicted molar refractivity (Wildman–Crippen MR) is 69.6 cm³/mol.